The number of hydrogen-bond donors (Lipinski definition) is 1. The molecule has 1 N–H and O–H groups in total. The van der Waals surface area contributed by atoms with E-state index in [1.807, 2.05) is 49.9 Å². The average molecular weight is 367 g/mol. The number of amides is 2. The molecule has 1 fully saturated rings. The second kappa shape index (κ2) is 6.82. The number of carbonyl (C=O) groups is 2. The molecule has 0 spiro atoms. The molecule has 2 rings (SSSR count). The number of nitrogens with zero attached hydrogens (tertiary/aromatic N) is 1. The number of likely N-dealkylation sites (tertiary alicyclic amines) is 1. The van der Waals surface area contributed by atoms with Crippen LogP contribution in [0.15, 0.2) is 28.7 Å². The summed E-state index contributed by atoms with van der Waals surface area (Å²) in [5.41, 5.74) is 0.386. The summed E-state index contributed by atoms with van der Waals surface area (Å²) in [7, 11) is 0. The molecule has 22 heavy (non-hydrogen) atoms. The fourth-order valence-corrected chi connectivity index (χ4v) is 2.89. The first-order valence-electron chi connectivity index (χ1n) is 7.63. The molecule has 0 aromatic heterocycles. The minimum atomic E-state index is -0.399. The number of halogens is 1. The number of rotatable bonds is 2. The molecule has 1 heterocycles. The van der Waals surface area contributed by atoms with E-state index < -0.39 is 5.41 Å². The number of anilines is 1. The van der Waals surface area contributed by atoms with Crippen molar-refractivity contribution < 1.29 is 9.59 Å². The van der Waals surface area contributed by atoms with E-state index >= 15 is 0 Å². The standard InChI is InChI=1S/C17H23BrN2O2/c1-17(2,3)16(22)20-10-4-5-12(11-20)15(21)19-14-8-6-13(18)7-9-14/h6-9,12H,4-5,10-11H2,1-3H3,(H,19,21). The van der Waals surface area contributed by atoms with Crippen molar-refractivity contribution in [2.24, 2.45) is 11.3 Å². The van der Waals surface area contributed by atoms with Crippen LogP contribution < -0.4 is 5.32 Å². The van der Waals surface area contributed by atoms with Gasteiger partial charge in [0.25, 0.3) is 0 Å². The highest BCUT2D eigenvalue weighted by Gasteiger charge is 2.33. The summed E-state index contributed by atoms with van der Waals surface area (Å²) >= 11 is 3.37. The van der Waals surface area contributed by atoms with E-state index in [-0.39, 0.29) is 17.7 Å². The average Bonchev–Trinajstić information content (AvgIpc) is 2.48. The van der Waals surface area contributed by atoms with Gasteiger partial charge in [-0.1, -0.05) is 36.7 Å². The molecule has 1 aromatic carbocycles. The number of carbonyl (C=O) groups excluding carboxylic acids is 2. The van der Waals surface area contributed by atoms with E-state index in [9.17, 15) is 9.59 Å². The maximum absolute atomic E-state index is 12.4. The number of nitrogens with one attached hydrogen (secondary N) is 1. The largest absolute Gasteiger partial charge is 0.341 e. The topological polar surface area (TPSA) is 49.4 Å². The molecule has 2 amide bonds. The molecule has 0 bridgehead atoms. The van der Waals surface area contributed by atoms with Crippen molar-refractivity contribution in [2.75, 3.05) is 18.4 Å². The molecule has 1 aliphatic heterocycles. The first-order valence-corrected chi connectivity index (χ1v) is 8.42. The van der Waals surface area contributed by atoms with Crippen LogP contribution in [0.5, 0.6) is 0 Å². The third kappa shape index (κ3) is 4.32. The summed E-state index contributed by atoms with van der Waals surface area (Å²) in [5, 5.41) is 2.94. The zero-order valence-corrected chi connectivity index (χ0v) is 14.9. The van der Waals surface area contributed by atoms with Gasteiger partial charge in [0.15, 0.2) is 0 Å². The van der Waals surface area contributed by atoms with Crippen LogP contribution in [0.4, 0.5) is 5.69 Å². The lowest BCUT2D eigenvalue weighted by atomic mass is 9.91. The number of benzene rings is 1. The summed E-state index contributed by atoms with van der Waals surface area (Å²) in [6, 6.07) is 7.52. The van der Waals surface area contributed by atoms with E-state index in [0.717, 1.165) is 29.5 Å². The van der Waals surface area contributed by atoms with Crippen molar-refractivity contribution in [3.05, 3.63) is 28.7 Å². The molecule has 1 unspecified atom stereocenters. The van der Waals surface area contributed by atoms with Crippen molar-refractivity contribution in [2.45, 2.75) is 33.6 Å². The van der Waals surface area contributed by atoms with Gasteiger partial charge in [0.2, 0.25) is 11.8 Å². The monoisotopic (exact) mass is 366 g/mol. The third-order valence-corrected chi connectivity index (χ3v) is 4.36. The van der Waals surface area contributed by atoms with Crippen LogP contribution in [0, 0.1) is 11.3 Å². The third-order valence-electron chi connectivity index (χ3n) is 3.83. The quantitative estimate of drug-likeness (QED) is 0.867. The normalized spacial score (nSPS) is 18.9. The van der Waals surface area contributed by atoms with E-state index in [2.05, 4.69) is 21.2 Å². The zero-order valence-electron chi connectivity index (χ0n) is 13.4. The molecule has 0 aliphatic carbocycles. The molecule has 120 valence electrons. The summed E-state index contributed by atoms with van der Waals surface area (Å²) in [6.07, 6.45) is 1.70. The van der Waals surface area contributed by atoms with E-state index in [1.165, 1.54) is 0 Å². The summed E-state index contributed by atoms with van der Waals surface area (Å²) in [4.78, 5) is 26.6. The predicted molar refractivity (Wildman–Crippen MR) is 91.5 cm³/mol. The first kappa shape index (κ1) is 17.0. The van der Waals surface area contributed by atoms with Crippen LogP contribution in [0.2, 0.25) is 0 Å². The molecule has 1 aliphatic rings. The van der Waals surface area contributed by atoms with Crippen LogP contribution in [0.3, 0.4) is 0 Å². The lowest BCUT2D eigenvalue weighted by molar-refractivity contribution is -0.142. The van der Waals surface area contributed by atoms with Crippen LogP contribution in [0.25, 0.3) is 0 Å². The Morgan fingerprint density at radius 1 is 1.23 bits per heavy atom. The molecule has 4 nitrogen and oxygen atoms in total. The Kier molecular flexibility index (Phi) is 5.27. The van der Waals surface area contributed by atoms with E-state index in [0.29, 0.717) is 6.54 Å². The molecular formula is C17H23BrN2O2. The van der Waals surface area contributed by atoms with Crippen LogP contribution in [-0.2, 0) is 9.59 Å². The van der Waals surface area contributed by atoms with Crippen LogP contribution in [-0.4, -0.2) is 29.8 Å². The maximum Gasteiger partial charge on any atom is 0.229 e. The molecule has 0 saturated carbocycles. The highest BCUT2D eigenvalue weighted by molar-refractivity contribution is 9.10. The molecule has 1 atom stereocenters. The number of piperidine rings is 1. The highest BCUT2D eigenvalue weighted by atomic mass is 79.9. The van der Waals surface area contributed by atoms with Gasteiger partial charge >= 0.3 is 0 Å². The van der Waals surface area contributed by atoms with Gasteiger partial charge in [-0.05, 0) is 37.1 Å². The van der Waals surface area contributed by atoms with Crippen molar-refractivity contribution in [3.63, 3.8) is 0 Å². The van der Waals surface area contributed by atoms with Gasteiger partial charge < -0.3 is 10.2 Å². The highest BCUT2D eigenvalue weighted by Crippen LogP contribution is 2.24. The van der Waals surface area contributed by atoms with Crippen molar-refractivity contribution in [3.8, 4) is 0 Å². The minimum Gasteiger partial charge on any atom is -0.341 e. The van der Waals surface area contributed by atoms with E-state index in [4.69, 9.17) is 0 Å². The fourth-order valence-electron chi connectivity index (χ4n) is 2.63. The summed E-state index contributed by atoms with van der Waals surface area (Å²) in [6.45, 7) is 7.01. The van der Waals surface area contributed by atoms with E-state index in [1.54, 1.807) is 0 Å². The van der Waals surface area contributed by atoms with Gasteiger partial charge in [-0.3, -0.25) is 9.59 Å². The van der Waals surface area contributed by atoms with Gasteiger partial charge in [-0.25, -0.2) is 0 Å². The summed E-state index contributed by atoms with van der Waals surface area (Å²) < 4.78 is 0.977. The molecule has 1 saturated heterocycles. The molecular weight excluding hydrogens is 344 g/mol. The maximum atomic E-state index is 12.4. The molecule has 0 radical (unpaired) electrons. The lowest BCUT2D eigenvalue weighted by Crippen LogP contribution is -2.47. The summed E-state index contributed by atoms with van der Waals surface area (Å²) in [5.74, 6) is -0.0222. The van der Waals surface area contributed by atoms with Gasteiger partial charge in [0.1, 0.15) is 0 Å². The van der Waals surface area contributed by atoms with Crippen molar-refractivity contribution in [1.29, 1.82) is 0 Å². The Labute approximate surface area is 140 Å². The Morgan fingerprint density at radius 3 is 2.45 bits per heavy atom. The van der Waals surface area contributed by atoms with Crippen molar-refractivity contribution >= 4 is 33.4 Å². The van der Waals surface area contributed by atoms with Crippen LogP contribution in [0.1, 0.15) is 33.6 Å². The second-order valence-electron chi connectivity index (χ2n) is 6.84. The molecule has 5 heteroatoms. The second-order valence-corrected chi connectivity index (χ2v) is 7.75. The Morgan fingerprint density at radius 2 is 1.86 bits per heavy atom. The van der Waals surface area contributed by atoms with Crippen molar-refractivity contribution in [1.82, 2.24) is 4.90 Å². The number of hydrogen-bond acceptors (Lipinski definition) is 2. The van der Waals surface area contributed by atoms with Crippen LogP contribution >= 0.6 is 15.9 Å². The Bertz CT molecular complexity index is 549. The van der Waals surface area contributed by atoms with Gasteiger partial charge in [0, 0.05) is 28.7 Å². The van der Waals surface area contributed by atoms with Gasteiger partial charge in [-0.2, -0.15) is 0 Å². The fraction of sp³-hybridized carbons (Fsp3) is 0.529. The smallest absolute Gasteiger partial charge is 0.229 e. The predicted octanol–water partition coefficient (Wildman–Crippen LogP) is 3.67. The first-order chi connectivity index (χ1) is 10.3. The van der Waals surface area contributed by atoms with Gasteiger partial charge in [0.05, 0.1) is 5.92 Å². The zero-order chi connectivity index (χ0) is 16.3. The minimum absolute atomic E-state index is 0.00580. The Balaban J connectivity index is 1.98. The molecule has 1 aromatic rings. The SMILES string of the molecule is CC(C)(C)C(=O)N1CCCC(C(=O)Nc2ccc(Br)cc2)C1. The lowest BCUT2D eigenvalue weighted by Gasteiger charge is -2.35. The van der Waals surface area contributed by atoms with Gasteiger partial charge in [-0.15, -0.1) is 0 Å². The Hall–Kier alpha value is -1.36.